The molecule has 0 saturated heterocycles. The maximum absolute atomic E-state index is 12.6. The number of halogens is 3. The second-order valence-electron chi connectivity index (χ2n) is 4.75. The quantitative estimate of drug-likeness (QED) is 0.590. The van der Waals surface area contributed by atoms with E-state index in [4.69, 9.17) is 11.1 Å². The molecular weight excluding hydrogens is 285 g/mol. The van der Waals surface area contributed by atoms with Gasteiger partial charge in [-0.05, 0) is 18.2 Å². The fourth-order valence-electron chi connectivity index (χ4n) is 1.58. The number of amidine groups is 1. The van der Waals surface area contributed by atoms with Crippen LogP contribution in [-0.4, -0.2) is 30.4 Å². The molecule has 0 fully saturated rings. The number of nitrogens with two attached hydrogens (primary N) is 1. The summed E-state index contributed by atoms with van der Waals surface area (Å²) in [5.74, 6) is -0.393. The Morgan fingerprint density at radius 3 is 2.62 bits per heavy atom. The number of anilines is 1. The van der Waals surface area contributed by atoms with Crippen molar-refractivity contribution >= 4 is 17.6 Å². The van der Waals surface area contributed by atoms with E-state index < -0.39 is 17.8 Å². The van der Waals surface area contributed by atoms with Crippen molar-refractivity contribution in [2.24, 2.45) is 11.7 Å². The van der Waals surface area contributed by atoms with Gasteiger partial charge in [0, 0.05) is 25.2 Å². The summed E-state index contributed by atoms with van der Waals surface area (Å²) in [6.45, 7) is 1.87. The second-order valence-corrected chi connectivity index (χ2v) is 4.75. The fraction of sp³-hybridized carbons (Fsp3) is 0.385. The van der Waals surface area contributed by atoms with Crippen LogP contribution in [0.4, 0.5) is 23.7 Å². The molecule has 0 spiro atoms. The van der Waals surface area contributed by atoms with E-state index in [0.717, 1.165) is 12.1 Å². The fourth-order valence-corrected chi connectivity index (χ4v) is 1.58. The molecule has 4 N–H and O–H groups in total. The van der Waals surface area contributed by atoms with E-state index in [0.29, 0.717) is 0 Å². The molecule has 5 nitrogen and oxygen atoms in total. The highest BCUT2D eigenvalue weighted by molar-refractivity contribution is 5.89. The Morgan fingerprint density at radius 2 is 2.10 bits per heavy atom. The summed E-state index contributed by atoms with van der Waals surface area (Å²) in [6.07, 6.45) is -4.46. The molecule has 1 rings (SSSR count). The number of hydrogen-bond acceptors (Lipinski definition) is 2. The van der Waals surface area contributed by atoms with Gasteiger partial charge in [0.25, 0.3) is 0 Å². The molecule has 2 amide bonds. The zero-order valence-electron chi connectivity index (χ0n) is 11.7. The van der Waals surface area contributed by atoms with Gasteiger partial charge in [-0.15, -0.1) is 0 Å². The van der Waals surface area contributed by atoms with Crippen LogP contribution in [0.1, 0.15) is 12.5 Å². The molecule has 1 aromatic rings. The lowest BCUT2D eigenvalue weighted by Crippen LogP contribution is -2.38. The van der Waals surface area contributed by atoms with E-state index in [1.165, 1.54) is 24.1 Å². The third-order valence-electron chi connectivity index (χ3n) is 2.87. The number of nitrogens with one attached hydrogen (secondary N) is 2. The highest BCUT2D eigenvalue weighted by Gasteiger charge is 2.30. The lowest BCUT2D eigenvalue weighted by Gasteiger charge is -2.21. The van der Waals surface area contributed by atoms with Crippen molar-refractivity contribution in [3.8, 4) is 0 Å². The zero-order valence-corrected chi connectivity index (χ0v) is 11.7. The van der Waals surface area contributed by atoms with Gasteiger partial charge < -0.3 is 16.0 Å². The number of benzene rings is 1. The normalized spacial score (nSPS) is 12.6. The first-order valence-corrected chi connectivity index (χ1v) is 6.14. The average Bonchev–Trinajstić information content (AvgIpc) is 2.37. The number of alkyl halides is 3. The highest BCUT2D eigenvalue weighted by Crippen LogP contribution is 2.30. The van der Waals surface area contributed by atoms with Crippen molar-refractivity contribution in [3.63, 3.8) is 0 Å². The van der Waals surface area contributed by atoms with E-state index in [9.17, 15) is 18.0 Å². The minimum absolute atomic E-state index is 0.0529. The molecule has 8 heteroatoms. The number of amides is 2. The van der Waals surface area contributed by atoms with E-state index >= 15 is 0 Å². The molecule has 1 unspecified atom stereocenters. The van der Waals surface area contributed by atoms with Crippen LogP contribution in [-0.2, 0) is 6.18 Å². The van der Waals surface area contributed by atoms with Crippen LogP contribution < -0.4 is 11.1 Å². The van der Waals surface area contributed by atoms with E-state index in [1.807, 2.05) is 0 Å². The van der Waals surface area contributed by atoms with Gasteiger partial charge in [0.2, 0.25) is 0 Å². The lowest BCUT2D eigenvalue weighted by molar-refractivity contribution is -0.137. The number of carbonyl (C=O) groups is 1. The van der Waals surface area contributed by atoms with Gasteiger partial charge in [-0.25, -0.2) is 4.79 Å². The number of rotatable bonds is 4. The van der Waals surface area contributed by atoms with Crippen LogP contribution in [0.2, 0.25) is 0 Å². The Kier molecular flexibility index (Phi) is 5.17. The molecule has 0 heterocycles. The van der Waals surface area contributed by atoms with Crippen molar-refractivity contribution in [2.75, 3.05) is 18.9 Å². The minimum Gasteiger partial charge on any atom is -0.387 e. The van der Waals surface area contributed by atoms with Crippen LogP contribution in [0.5, 0.6) is 0 Å². The van der Waals surface area contributed by atoms with Crippen molar-refractivity contribution < 1.29 is 18.0 Å². The summed E-state index contributed by atoms with van der Waals surface area (Å²) >= 11 is 0. The van der Waals surface area contributed by atoms with Crippen LogP contribution in [0.25, 0.3) is 0 Å². The Balaban J connectivity index is 2.73. The third-order valence-corrected chi connectivity index (χ3v) is 2.87. The topological polar surface area (TPSA) is 82.2 Å². The standard InChI is InChI=1S/C13H17F3N4O/c1-8(11(17)18)7-20(2)12(21)19-10-5-3-4-9(6-10)13(14,15)16/h3-6,8H,7H2,1-2H3,(H3,17,18)(H,19,21). The number of nitrogens with zero attached hydrogens (tertiary/aromatic N) is 1. The van der Waals surface area contributed by atoms with Crippen molar-refractivity contribution in [2.45, 2.75) is 13.1 Å². The van der Waals surface area contributed by atoms with E-state index in [1.54, 1.807) is 6.92 Å². The van der Waals surface area contributed by atoms with E-state index in [-0.39, 0.29) is 24.0 Å². The van der Waals surface area contributed by atoms with Gasteiger partial charge in [-0.3, -0.25) is 5.41 Å². The first-order valence-electron chi connectivity index (χ1n) is 6.14. The summed E-state index contributed by atoms with van der Waals surface area (Å²) in [6, 6.07) is 3.81. The SMILES string of the molecule is CC(CN(C)C(=O)Nc1cccc(C(F)(F)F)c1)C(=N)N. The predicted octanol–water partition coefficient (Wildman–Crippen LogP) is 2.74. The first-order chi connectivity index (χ1) is 9.61. The van der Waals surface area contributed by atoms with Gasteiger partial charge in [0.15, 0.2) is 0 Å². The van der Waals surface area contributed by atoms with Crippen LogP contribution in [0, 0.1) is 11.3 Å². The molecular formula is C13H17F3N4O. The van der Waals surface area contributed by atoms with Crippen LogP contribution >= 0.6 is 0 Å². The third kappa shape index (κ3) is 4.97. The van der Waals surface area contributed by atoms with Crippen molar-refractivity contribution in [1.29, 1.82) is 5.41 Å². The molecule has 0 aliphatic rings. The van der Waals surface area contributed by atoms with E-state index in [2.05, 4.69) is 5.32 Å². The molecule has 0 aliphatic heterocycles. The first kappa shape index (κ1) is 16.8. The maximum Gasteiger partial charge on any atom is 0.416 e. The van der Waals surface area contributed by atoms with Gasteiger partial charge in [0.1, 0.15) is 0 Å². The minimum atomic E-state index is -4.46. The van der Waals surface area contributed by atoms with Crippen molar-refractivity contribution in [1.82, 2.24) is 4.90 Å². The number of urea groups is 1. The Morgan fingerprint density at radius 1 is 1.48 bits per heavy atom. The van der Waals surface area contributed by atoms with Gasteiger partial charge in [0.05, 0.1) is 11.4 Å². The molecule has 1 atom stereocenters. The van der Waals surface area contributed by atoms with Gasteiger partial charge in [-0.2, -0.15) is 13.2 Å². The monoisotopic (exact) mass is 302 g/mol. The summed E-state index contributed by atoms with van der Waals surface area (Å²) < 4.78 is 37.7. The zero-order chi connectivity index (χ0) is 16.2. The smallest absolute Gasteiger partial charge is 0.387 e. The van der Waals surface area contributed by atoms with Crippen LogP contribution in [0.15, 0.2) is 24.3 Å². The Labute approximate surface area is 120 Å². The maximum atomic E-state index is 12.6. The second kappa shape index (κ2) is 6.47. The van der Waals surface area contributed by atoms with Crippen molar-refractivity contribution in [3.05, 3.63) is 29.8 Å². The largest absolute Gasteiger partial charge is 0.416 e. The average molecular weight is 302 g/mol. The number of carbonyl (C=O) groups excluding carboxylic acids is 1. The molecule has 0 radical (unpaired) electrons. The Hall–Kier alpha value is -2.25. The highest BCUT2D eigenvalue weighted by atomic mass is 19.4. The van der Waals surface area contributed by atoms with Gasteiger partial charge >= 0.3 is 12.2 Å². The summed E-state index contributed by atoms with van der Waals surface area (Å²) in [5.41, 5.74) is 4.52. The molecule has 0 aliphatic carbocycles. The van der Waals surface area contributed by atoms with Gasteiger partial charge in [-0.1, -0.05) is 13.0 Å². The summed E-state index contributed by atoms with van der Waals surface area (Å²) in [7, 11) is 1.47. The summed E-state index contributed by atoms with van der Waals surface area (Å²) in [5, 5.41) is 9.62. The molecule has 21 heavy (non-hydrogen) atoms. The molecule has 0 aromatic heterocycles. The number of hydrogen-bond donors (Lipinski definition) is 3. The predicted molar refractivity (Wildman–Crippen MR) is 74.2 cm³/mol. The van der Waals surface area contributed by atoms with Crippen LogP contribution in [0.3, 0.4) is 0 Å². The Bertz CT molecular complexity index is 530. The molecule has 0 bridgehead atoms. The molecule has 1 aromatic carbocycles. The molecule has 116 valence electrons. The molecule has 0 saturated carbocycles. The summed E-state index contributed by atoms with van der Waals surface area (Å²) in [4.78, 5) is 13.1. The lowest BCUT2D eigenvalue weighted by atomic mass is 10.1.